The van der Waals surface area contributed by atoms with E-state index in [4.69, 9.17) is 0 Å². The molecule has 3 aliphatic carbocycles. The van der Waals surface area contributed by atoms with Crippen molar-refractivity contribution >= 4 is 0 Å². The van der Waals surface area contributed by atoms with Crippen molar-refractivity contribution in [3.63, 3.8) is 0 Å². The molecule has 0 aliphatic heterocycles. The maximum absolute atomic E-state index is 2.63. The molecule has 3 aliphatic rings. The van der Waals surface area contributed by atoms with Crippen LogP contribution in [0.4, 0.5) is 0 Å². The van der Waals surface area contributed by atoms with Crippen LogP contribution in [0.3, 0.4) is 0 Å². The fraction of sp³-hybridized carbons (Fsp3) is 0.818. The molecule has 0 spiro atoms. The average Bonchev–Trinajstić information content (AvgIpc) is 3.17. The molecule has 0 radical (unpaired) electrons. The lowest BCUT2D eigenvalue weighted by atomic mass is 9.61. The van der Waals surface area contributed by atoms with Gasteiger partial charge in [-0.3, -0.25) is 0 Å². The van der Waals surface area contributed by atoms with Gasteiger partial charge in [-0.1, -0.05) is 119 Å². The summed E-state index contributed by atoms with van der Waals surface area (Å²) < 4.78 is 0. The van der Waals surface area contributed by atoms with Crippen LogP contribution < -0.4 is 0 Å². The molecule has 194 valence electrons. The fourth-order valence-corrected chi connectivity index (χ4v) is 6.52. The van der Waals surface area contributed by atoms with Crippen LogP contribution in [-0.2, 0) is 0 Å². The Morgan fingerprint density at radius 1 is 0.788 bits per heavy atom. The van der Waals surface area contributed by atoms with E-state index < -0.39 is 0 Å². The van der Waals surface area contributed by atoms with Crippen molar-refractivity contribution < 1.29 is 0 Å². The minimum Gasteiger partial charge on any atom is -0.0852 e. The lowest BCUT2D eigenvalue weighted by Gasteiger charge is -2.44. The largest absolute Gasteiger partial charge is 0.0852 e. The zero-order valence-corrected chi connectivity index (χ0v) is 23.6. The second kappa shape index (κ2) is 16.0. The molecule has 3 saturated carbocycles. The standard InChI is InChI=1S/C28H46.2C2H6.CH4/c1-20(2)21(3)13-14-23(5)26-17-18-27-25(12-9-19-28(26,27)6)16-15-24-11-8-7-10-22(24)4;2*1-2;/h13-16,20-23,26-27H,7-12,17-19H2,1-6H3;2*1-2H3;1H4/b14-13+,24-15-,25-16+;;;. The van der Waals surface area contributed by atoms with Gasteiger partial charge in [0.2, 0.25) is 0 Å². The Hall–Kier alpha value is -0.780. The van der Waals surface area contributed by atoms with Crippen LogP contribution in [0.15, 0.2) is 35.5 Å². The zero-order chi connectivity index (χ0) is 24.3. The van der Waals surface area contributed by atoms with Gasteiger partial charge in [-0.15, -0.1) is 0 Å². The molecule has 6 unspecified atom stereocenters. The molecule has 0 heterocycles. The molecule has 3 fully saturated rings. The lowest BCUT2D eigenvalue weighted by Crippen LogP contribution is -2.35. The van der Waals surface area contributed by atoms with E-state index in [0.29, 0.717) is 17.3 Å². The molecule has 0 saturated heterocycles. The van der Waals surface area contributed by atoms with E-state index >= 15 is 0 Å². The Balaban J connectivity index is 0.00000194. The number of allylic oxidation sites excluding steroid dienone is 6. The monoisotopic (exact) mass is 458 g/mol. The Bertz CT molecular complexity index is 604. The topological polar surface area (TPSA) is 0 Å². The molecular formula is C33H62. The van der Waals surface area contributed by atoms with E-state index in [2.05, 4.69) is 65.8 Å². The van der Waals surface area contributed by atoms with Crippen molar-refractivity contribution in [2.24, 2.45) is 40.9 Å². The normalized spacial score (nSPS) is 33.5. The number of hydrogen-bond donors (Lipinski definition) is 0. The SMILES string of the molecule is C.CC.CC.CC1CCCC/C1=C/C=C1\CCCC2(C)C1CCC2C(C)/C=C/C(C)C(C)C. The summed E-state index contributed by atoms with van der Waals surface area (Å²) in [6.07, 6.45) is 22.8. The van der Waals surface area contributed by atoms with Gasteiger partial charge in [0, 0.05) is 0 Å². The van der Waals surface area contributed by atoms with E-state index in [-0.39, 0.29) is 7.43 Å². The highest BCUT2D eigenvalue weighted by Gasteiger charge is 2.50. The first-order chi connectivity index (χ1) is 15.3. The van der Waals surface area contributed by atoms with Crippen LogP contribution in [0.5, 0.6) is 0 Å². The highest BCUT2D eigenvalue weighted by molar-refractivity contribution is 5.26. The molecule has 0 heteroatoms. The maximum atomic E-state index is 2.63. The van der Waals surface area contributed by atoms with Crippen molar-refractivity contribution in [3.8, 4) is 0 Å². The Morgan fingerprint density at radius 2 is 1.39 bits per heavy atom. The van der Waals surface area contributed by atoms with Gasteiger partial charge in [-0.25, -0.2) is 0 Å². The molecule has 0 nitrogen and oxygen atoms in total. The van der Waals surface area contributed by atoms with Gasteiger partial charge < -0.3 is 0 Å². The summed E-state index contributed by atoms with van der Waals surface area (Å²) in [6, 6.07) is 0. The van der Waals surface area contributed by atoms with Crippen LogP contribution in [0, 0.1) is 40.9 Å². The molecule has 33 heavy (non-hydrogen) atoms. The first kappa shape index (κ1) is 32.2. The number of fused-ring (bicyclic) bond motifs is 1. The Labute approximate surface area is 210 Å². The lowest BCUT2D eigenvalue weighted by molar-refractivity contribution is 0.112. The second-order valence-corrected chi connectivity index (χ2v) is 11.1. The van der Waals surface area contributed by atoms with E-state index in [1.165, 1.54) is 57.8 Å². The second-order valence-electron chi connectivity index (χ2n) is 11.1. The summed E-state index contributed by atoms with van der Waals surface area (Å²) in [4.78, 5) is 0. The van der Waals surface area contributed by atoms with Crippen LogP contribution in [-0.4, -0.2) is 0 Å². The molecule has 6 atom stereocenters. The van der Waals surface area contributed by atoms with Crippen molar-refractivity contribution in [1.29, 1.82) is 0 Å². The van der Waals surface area contributed by atoms with E-state index in [9.17, 15) is 0 Å². The molecule has 0 amide bonds. The zero-order valence-electron chi connectivity index (χ0n) is 23.6. The molecular weight excluding hydrogens is 396 g/mol. The highest BCUT2D eigenvalue weighted by atomic mass is 14.5. The van der Waals surface area contributed by atoms with Gasteiger partial charge >= 0.3 is 0 Å². The summed E-state index contributed by atoms with van der Waals surface area (Å²) in [5, 5.41) is 0. The minimum absolute atomic E-state index is 0. The van der Waals surface area contributed by atoms with Gasteiger partial charge in [-0.2, -0.15) is 0 Å². The number of rotatable bonds is 5. The van der Waals surface area contributed by atoms with Gasteiger partial charge in [0.05, 0.1) is 0 Å². The van der Waals surface area contributed by atoms with Crippen molar-refractivity contribution in [3.05, 3.63) is 35.5 Å². The summed E-state index contributed by atoms with van der Waals surface area (Å²) in [6.45, 7) is 22.6. The van der Waals surface area contributed by atoms with Crippen molar-refractivity contribution in [2.75, 3.05) is 0 Å². The van der Waals surface area contributed by atoms with Gasteiger partial charge in [-0.05, 0) is 92.3 Å². The maximum Gasteiger partial charge on any atom is -0.0143 e. The van der Waals surface area contributed by atoms with E-state index in [1.807, 2.05) is 27.7 Å². The summed E-state index contributed by atoms with van der Waals surface area (Å²) in [7, 11) is 0. The summed E-state index contributed by atoms with van der Waals surface area (Å²) >= 11 is 0. The van der Waals surface area contributed by atoms with Crippen LogP contribution in [0.25, 0.3) is 0 Å². The average molecular weight is 459 g/mol. The van der Waals surface area contributed by atoms with E-state index in [0.717, 1.165) is 23.7 Å². The fourth-order valence-electron chi connectivity index (χ4n) is 6.52. The van der Waals surface area contributed by atoms with Gasteiger partial charge in [0.1, 0.15) is 0 Å². The van der Waals surface area contributed by atoms with Gasteiger partial charge in [0.15, 0.2) is 0 Å². The third-order valence-corrected chi connectivity index (χ3v) is 8.94. The Kier molecular flexibility index (Phi) is 15.6. The first-order valence-corrected chi connectivity index (χ1v) is 14.4. The summed E-state index contributed by atoms with van der Waals surface area (Å²) in [5.74, 6) is 4.66. The predicted octanol–water partition coefficient (Wildman–Crippen LogP) is 11.4. The highest BCUT2D eigenvalue weighted by Crippen LogP contribution is 2.59. The third-order valence-electron chi connectivity index (χ3n) is 8.94. The smallest absolute Gasteiger partial charge is 0.0143 e. The van der Waals surface area contributed by atoms with E-state index in [1.54, 1.807) is 11.1 Å². The first-order valence-electron chi connectivity index (χ1n) is 14.4. The summed E-state index contributed by atoms with van der Waals surface area (Å²) in [5.41, 5.74) is 4.03. The van der Waals surface area contributed by atoms with Gasteiger partial charge in [0.25, 0.3) is 0 Å². The minimum atomic E-state index is 0. The third kappa shape index (κ3) is 8.43. The Morgan fingerprint density at radius 3 is 2.00 bits per heavy atom. The molecule has 0 aromatic carbocycles. The molecule has 0 N–H and O–H groups in total. The van der Waals surface area contributed by atoms with Crippen LogP contribution in [0.1, 0.15) is 134 Å². The quantitative estimate of drug-likeness (QED) is 0.359. The predicted molar refractivity (Wildman–Crippen MR) is 154 cm³/mol. The van der Waals surface area contributed by atoms with Crippen LogP contribution >= 0.6 is 0 Å². The molecule has 0 bridgehead atoms. The van der Waals surface area contributed by atoms with Crippen molar-refractivity contribution in [1.82, 2.24) is 0 Å². The number of hydrogen-bond acceptors (Lipinski definition) is 0. The molecule has 0 aromatic rings. The van der Waals surface area contributed by atoms with Crippen LogP contribution in [0.2, 0.25) is 0 Å². The van der Waals surface area contributed by atoms with Crippen molar-refractivity contribution in [2.45, 2.75) is 134 Å². The molecule has 3 rings (SSSR count). The molecule has 0 aromatic heterocycles.